The molecule has 3 nitrogen and oxygen atoms in total. The van der Waals surface area contributed by atoms with Gasteiger partial charge in [0.05, 0.1) is 6.04 Å². The lowest BCUT2D eigenvalue weighted by Gasteiger charge is -2.29. The summed E-state index contributed by atoms with van der Waals surface area (Å²) in [6.45, 7) is 4.94. The predicted molar refractivity (Wildman–Crippen MR) is 75.0 cm³/mol. The zero-order valence-corrected chi connectivity index (χ0v) is 11.6. The largest absolute Gasteiger partial charge is 0.324 e. The van der Waals surface area contributed by atoms with Crippen molar-refractivity contribution in [1.29, 1.82) is 0 Å². The number of piperidine rings is 1. The molecule has 0 radical (unpaired) electrons. The molecule has 0 spiro atoms. The Labute approximate surface area is 113 Å². The van der Waals surface area contributed by atoms with Crippen molar-refractivity contribution in [3.8, 4) is 0 Å². The summed E-state index contributed by atoms with van der Waals surface area (Å²) < 4.78 is 0. The lowest BCUT2D eigenvalue weighted by atomic mass is 9.92. The fraction of sp³-hybridized carbons (Fsp3) is 0.500. The molecule has 0 bridgehead atoms. The highest BCUT2D eigenvalue weighted by Gasteiger charge is 2.27. The number of benzene rings is 1. The molecule has 2 rings (SSSR count). The lowest BCUT2D eigenvalue weighted by Crippen LogP contribution is -2.48. The molecule has 1 aromatic carbocycles. The quantitative estimate of drug-likeness (QED) is 0.864. The Kier molecular flexibility index (Phi) is 4.25. The summed E-state index contributed by atoms with van der Waals surface area (Å²) in [5.74, 6) is 0.408. The van der Waals surface area contributed by atoms with E-state index in [0.717, 1.165) is 30.6 Å². The Bertz CT molecular complexity index is 447. The Hall–Kier alpha value is -1.06. The summed E-state index contributed by atoms with van der Waals surface area (Å²) in [6, 6.07) is 5.46. The molecule has 1 aliphatic heterocycles. The van der Waals surface area contributed by atoms with Crippen molar-refractivity contribution in [2.75, 3.05) is 11.9 Å². The molecule has 0 saturated carbocycles. The lowest BCUT2D eigenvalue weighted by molar-refractivity contribution is -0.119. The van der Waals surface area contributed by atoms with Gasteiger partial charge in [-0.05, 0) is 49.9 Å². The van der Waals surface area contributed by atoms with Gasteiger partial charge in [-0.2, -0.15) is 0 Å². The number of anilines is 1. The second-order valence-electron chi connectivity index (χ2n) is 4.95. The Morgan fingerprint density at radius 3 is 3.00 bits per heavy atom. The predicted octanol–water partition coefficient (Wildman–Crippen LogP) is 2.98. The monoisotopic (exact) mass is 266 g/mol. The van der Waals surface area contributed by atoms with Crippen LogP contribution in [-0.4, -0.2) is 18.5 Å². The number of halogens is 1. The Morgan fingerprint density at radius 1 is 1.50 bits per heavy atom. The SMILES string of the molecule is Cc1c(Cl)cccc1NC(=O)C1NCCCC1C. The molecule has 98 valence electrons. The van der Waals surface area contributed by atoms with E-state index in [1.807, 2.05) is 25.1 Å². The molecule has 2 unspecified atom stereocenters. The highest BCUT2D eigenvalue weighted by atomic mass is 35.5. The van der Waals surface area contributed by atoms with Crippen molar-refractivity contribution < 1.29 is 4.79 Å². The number of nitrogens with one attached hydrogen (secondary N) is 2. The van der Waals surface area contributed by atoms with Gasteiger partial charge in [-0.1, -0.05) is 24.6 Å². The number of hydrogen-bond acceptors (Lipinski definition) is 2. The molecule has 1 heterocycles. The maximum atomic E-state index is 12.2. The maximum absolute atomic E-state index is 12.2. The van der Waals surface area contributed by atoms with Crippen molar-refractivity contribution in [2.45, 2.75) is 32.7 Å². The van der Waals surface area contributed by atoms with Gasteiger partial charge in [0.1, 0.15) is 0 Å². The van der Waals surface area contributed by atoms with Crippen LogP contribution in [0.5, 0.6) is 0 Å². The standard InChI is InChI=1S/C14H19ClN2O/c1-9-5-4-8-16-13(9)14(18)17-12-7-3-6-11(15)10(12)2/h3,6-7,9,13,16H,4-5,8H2,1-2H3,(H,17,18). The number of carbonyl (C=O) groups excluding carboxylic acids is 1. The topological polar surface area (TPSA) is 41.1 Å². The van der Waals surface area contributed by atoms with Crippen LogP contribution in [-0.2, 0) is 4.79 Å². The van der Waals surface area contributed by atoms with Crippen LogP contribution in [0.2, 0.25) is 5.02 Å². The Morgan fingerprint density at radius 2 is 2.28 bits per heavy atom. The van der Waals surface area contributed by atoms with Crippen molar-refractivity contribution >= 4 is 23.2 Å². The van der Waals surface area contributed by atoms with E-state index in [0.29, 0.717) is 10.9 Å². The van der Waals surface area contributed by atoms with E-state index < -0.39 is 0 Å². The van der Waals surface area contributed by atoms with E-state index in [4.69, 9.17) is 11.6 Å². The van der Waals surface area contributed by atoms with Crippen molar-refractivity contribution in [2.24, 2.45) is 5.92 Å². The van der Waals surface area contributed by atoms with Crippen molar-refractivity contribution in [1.82, 2.24) is 5.32 Å². The van der Waals surface area contributed by atoms with Gasteiger partial charge in [-0.3, -0.25) is 4.79 Å². The van der Waals surface area contributed by atoms with E-state index >= 15 is 0 Å². The smallest absolute Gasteiger partial charge is 0.241 e. The first-order valence-electron chi connectivity index (χ1n) is 6.39. The summed E-state index contributed by atoms with van der Waals surface area (Å²) in [5.41, 5.74) is 1.71. The van der Waals surface area contributed by atoms with Crippen LogP contribution in [0.25, 0.3) is 0 Å². The molecule has 0 aromatic heterocycles. The summed E-state index contributed by atoms with van der Waals surface area (Å²) in [4.78, 5) is 12.2. The van der Waals surface area contributed by atoms with Crippen LogP contribution in [0.3, 0.4) is 0 Å². The molecule has 1 amide bonds. The summed E-state index contributed by atoms with van der Waals surface area (Å²) in [5, 5.41) is 6.92. The van der Waals surface area contributed by atoms with Gasteiger partial charge in [0.25, 0.3) is 0 Å². The first kappa shape index (κ1) is 13.4. The van der Waals surface area contributed by atoms with Crippen molar-refractivity contribution in [3.63, 3.8) is 0 Å². The van der Waals surface area contributed by atoms with Crippen LogP contribution in [0, 0.1) is 12.8 Å². The number of amides is 1. The average Bonchev–Trinajstić information content (AvgIpc) is 2.35. The maximum Gasteiger partial charge on any atom is 0.241 e. The van der Waals surface area contributed by atoms with Crippen molar-refractivity contribution in [3.05, 3.63) is 28.8 Å². The summed E-state index contributed by atoms with van der Waals surface area (Å²) >= 11 is 6.04. The molecule has 1 fully saturated rings. The van der Waals surface area contributed by atoms with E-state index in [-0.39, 0.29) is 11.9 Å². The first-order valence-corrected chi connectivity index (χ1v) is 6.76. The highest BCUT2D eigenvalue weighted by Crippen LogP contribution is 2.24. The van der Waals surface area contributed by atoms with E-state index in [2.05, 4.69) is 17.6 Å². The number of hydrogen-bond donors (Lipinski definition) is 2. The normalized spacial score (nSPS) is 23.7. The number of carbonyl (C=O) groups is 1. The van der Waals surface area contributed by atoms with Gasteiger partial charge in [-0.15, -0.1) is 0 Å². The fourth-order valence-electron chi connectivity index (χ4n) is 2.35. The van der Waals surface area contributed by atoms with Gasteiger partial charge in [0.15, 0.2) is 0 Å². The highest BCUT2D eigenvalue weighted by molar-refractivity contribution is 6.31. The van der Waals surface area contributed by atoms with Gasteiger partial charge in [0.2, 0.25) is 5.91 Å². The Balaban J connectivity index is 2.09. The molecular weight excluding hydrogens is 248 g/mol. The molecule has 18 heavy (non-hydrogen) atoms. The second kappa shape index (κ2) is 5.72. The van der Waals surface area contributed by atoms with Crippen LogP contribution in [0.4, 0.5) is 5.69 Å². The third-order valence-electron chi connectivity index (χ3n) is 3.58. The van der Waals surface area contributed by atoms with E-state index in [1.165, 1.54) is 0 Å². The number of rotatable bonds is 2. The molecule has 2 atom stereocenters. The molecule has 1 aliphatic rings. The zero-order valence-electron chi connectivity index (χ0n) is 10.8. The first-order chi connectivity index (χ1) is 8.59. The minimum absolute atomic E-state index is 0.0348. The zero-order chi connectivity index (χ0) is 13.1. The molecular formula is C14H19ClN2O. The van der Waals surface area contributed by atoms with Crippen LogP contribution >= 0.6 is 11.6 Å². The molecule has 1 aromatic rings. The minimum atomic E-state index is -0.0999. The average molecular weight is 267 g/mol. The van der Waals surface area contributed by atoms with Gasteiger partial charge >= 0.3 is 0 Å². The molecule has 4 heteroatoms. The third-order valence-corrected chi connectivity index (χ3v) is 3.99. The van der Waals surface area contributed by atoms with Gasteiger partial charge < -0.3 is 10.6 Å². The van der Waals surface area contributed by atoms with Crippen LogP contribution in [0.15, 0.2) is 18.2 Å². The molecule has 1 saturated heterocycles. The summed E-state index contributed by atoms with van der Waals surface area (Å²) in [6.07, 6.45) is 2.24. The minimum Gasteiger partial charge on any atom is -0.324 e. The van der Waals surface area contributed by atoms with Crippen LogP contribution in [0.1, 0.15) is 25.3 Å². The second-order valence-corrected chi connectivity index (χ2v) is 5.36. The van der Waals surface area contributed by atoms with Gasteiger partial charge in [0, 0.05) is 10.7 Å². The van der Waals surface area contributed by atoms with E-state index in [9.17, 15) is 4.79 Å². The van der Waals surface area contributed by atoms with Crippen LogP contribution < -0.4 is 10.6 Å². The van der Waals surface area contributed by atoms with E-state index in [1.54, 1.807) is 0 Å². The molecule has 0 aliphatic carbocycles. The third kappa shape index (κ3) is 2.85. The fourth-order valence-corrected chi connectivity index (χ4v) is 2.53. The van der Waals surface area contributed by atoms with Gasteiger partial charge in [-0.25, -0.2) is 0 Å². The molecule has 2 N–H and O–H groups in total. The summed E-state index contributed by atoms with van der Waals surface area (Å²) in [7, 11) is 0.